The van der Waals surface area contributed by atoms with Crippen molar-refractivity contribution in [3.63, 3.8) is 0 Å². The lowest BCUT2D eigenvalue weighted by Crippen LogP contribution is -2.54. The van der Waals surface area contributed by atoms with Crippen molar-refractivity contribution in [2.75, 3.05) is 20.7 Å². The van der Waals surface area contributed by atoms with E-state index in [1.165, 1.54) is 58.3 Å². The van der Waals surface area contributed by atoms with Crippen LogP contribution in [0.5, 0.6) is 0 Å². The summed E-state index contributed by atoms with van der Waals surface area (Å²) in [6.45, 7) is 5.70. The minimum atomic E-state index is -1.17. The second-order valence-corrected chi connectivity index (χ2v) is 6.84. The van der Waals surface area contributed by atoms with E-state index in [1.54, 1.807) is 25.9 Å². The lowest BCUT2D eigenvalue weighted by Gasteiger charge is -2.31. The molecule has 0 saturated heterocycles. The Balaban J connectivity index is 3.68. The Labute approximate surface area is 143 Å². The fourth-order valence-electron chi connectivity index (χ4n) is 2.54. The Morgan fingerprint density at radius 2 is 1.30 bits per heavy atom. The molecule has 0 saturated carbocycles. The van der Waals surface area contributed by atoms with Gasteiger partial charge in [0.2, 0.25) is 0 Å². The van der Waals surface area contributed by atoms with Crippen molar-refractivity contribution in [1.29, 1.82) is 0 Å². The molecule has 0 bridgehead atoms. The van der Waals surface area contributed by atoms with Gasteiger partial charge in [-0.25, -0.2) is 4.79 Å². The number of nitrogens with zero attached hydrogens (tertiary/aromatic N) is 1. The molecule has 0 aliphatic carbocycles. The maximum atomic E-state index is 12.1. The van der Waals surface area contributed by atoms with Crippen LogP contribution in [0.25, 0.3) is 0 Å². The van der Waals surface area contributed by atoms with E-state index in [2.05, 4.69) is 6.92 Å². The molecule has 136 valence electrons. The first-order chi connectivity index (χ1) is 10.9. The zero-order valence-corrected chi connectivity index (χ0v) is 16.0. The van der Waals surface area contributed by atoms with Gasteiger partial charge in [0.15, 0.2) is 11.3 Å². The Morgan fingerprint density at radius 3 is 1.70 bits per heavy atom. The fourth-order valence-corrected chi connectivity index (χ4v) is 2.54. The summed E-state index contributed by atoms with van der Waals surface area (Å²) >= 11 is 0. The Kier molecular flexibility index (Phi) is 12.0. The van der Waals surface area contributed by atoms with Crippen molar-refractivity contribution in [3.05, 3.63) is 0 Å². The molecule has 0 spiro atoms. The third-order valence-corrected chi connectivity index (χ3v) is 4.71. The largest absolute Gasteiger partial charge is 0.464 e. The lowest BCUT2D eigenvalue weighted by atomic mass is 9.96. The maximum Gasteiger partial charge on any atom is 0.334 e. The fraction of sp³-hybridized carbons (Fsp3) is 0.895. The molecule has 1 atom stereocenters. The molecule has 0 aliphatic rings. The van der Waals surface area contributed by atoms with Crippen LogP contribution in [0.3, 0.4) is 0 Å². The van der Waals surface area contributed by atoms with Gasteiger partial charge in [-0.3, -0.25) is 9.69 Å². The number of hydrogen-bond donors (Lipinski definition) is 0. The molecule has 0 fully saturated rings. The van der Waals surface area contributed by atoms with Crippen LogP contribution in [0, 0.1) is 0 Å². The molecular weight excluding hydrogens is 290 g/mol. The van der Waals surface area contributed by atoms with Crippen molar-refractivity contribution in [3.8, 4) is 0 Å². The van der Waals surface area contributed by atoms with Gasteiger partial charge in [-0.2, -0.15) is 0 Å². The number of ketones is 1. The predicted octanol–water partition coefficient (Wildman–Crippen LogP) is 4.36. The van der Waals surface area contributed by atoms with Gasteiger partial charge >= 0.3 is 5.97 Å². The van der Waals surface area contributed by atoms with Crippen LogP contribution in [-0.4, -0.2) is 42.9 Å². The SMILES string of the molecule is CCCCCCCCCCCCOC(=O)C(C)(C(C)=O)N(C)C. The Morgan fingerprint density at radius 1 is 0.870 bits per heavy atom. The van der Waals surface area contributed by atoms with Crippen LogP contribution in [0.4, 0.5) is 0 Å². The van der Waals surface area contributed by atoms with E-state index in [9.17, 15) is 9.59 Å². The van der Waals surface area contributed by atoms with Crippen LogP contribution in [0.2, 0.25) is 0 Å². The first-order valence-electron chi connectivity index (χ1n) is 9.23. The molecule has 4 nitrogen and oxygen atoms in total. The molecule has 0 amide bonds. The van der Waals surface area contributed by atoms with Gasteiger partial charge in [0.25, 0.3) is 0 Å². The number of carbonyl (C=O) groups excluding carboxylic acids is 2. The molecule has 0 aromatic heterocycles. The van der Waals surface area contributed by atoms with E-state index in [0.29, 0.717) is 6.61 Å². The summed E-state index contributed by atoms with van der Waals surface area (Å²) in [5, 5.41) is 0. The molecule has 0 radical (unpaired) electrons. The predicted molar refractivity (Wildman–Crippen MR) is 95.6 cm³/mol. The van der Waals surface area contributed by atoms with Crippen molar-refractivity contribution >= 4 is 11.8 Å². The van der Waals surface area contributed by atoms with E-state index in [0.717, 1.165) is 12.8 Å². The summed E-state index contributed by atoms with van der Waals surface area (Å²) in [5.41, 5.74) is -1.17. The number of esters is 1. The van der Waals surface area contributed by atoms with Crippen molar-refractivity contribution in [1.82, 2.24) is 4.90 Å². The standard InChI is InChI=1S/C19H37NO3/c1-6-7-8-9-10-11-12-13-14-15-16-23-18(22)19(3,17(2)21)20(4)5/h6-16H2,1-5H3. The number of ether oxygens (including phenoxy) is 1. The van der Waals surface area contributed by atoms with Crippen LogP contribution >= 0.6 is 0 Å². The van der Waals surface area contributed by atoms with Gasteiger partial charge in [-0.1, -0.05) is 64.7 Å². The highest BCUT2D eigenvalue weighted by atomic mass is 16.5. The van der Waals surface area contributed by atoms with E-state index in [-0.39, 0.29) is 5.78 Å². The third-order valence-electron chi connectivity index (χ3n) is 4.71. The Bertz CT molecular complexity index is 342. The second kappa shape index (κ2) is 12.5. The van der Waals surface area contributed by atoms with Gasteiger partial charge < -0.3 is 4.74 Å². The first kappa shape index (κ1) is 22.1. The summed E-state index contributed by atoms with van der Waals surface area (Å²) in [6, 6.07) is 0. The highest BCUT2D eigenvalue weighted by Gasteiger charge is 2.42. The minimum Gasteiger partial charge on any atom is -0.464 e. The van der Waals surface area contributed by atoms with Crippen LogP contribution in [0.1, 0.15) is 85.0 Å². The molecule has 4 heteroatoms. The summed E-state index contributed by atoms with van der Waals surface area (Å²) < 4.78 is 5.30. The van der Waals surface area contributed by atoms with E-state index < -0.39 is 11.5 Å². The number of unbranched alkanes of at least 4 members (excludes halogenated alkanes) is 9. The van der Waals surface area contributed by atoms with Gasteiger partial charge in [0, 0.05) is 0 Å². The number of carbonyl (C=O) groups is 2. The number of Topliss-reactive ketones (excluding diaryl/α,β-unsaturated/α-hetero) is 1. The molecule has 0 aromatic rings. The molecular formula is C19H37NO3. The Hall–Kier alpha value is -0.900. The average Bonchev–Trinajstić information content (AvgIpc) is 2.50. The molecule has 0 rings (SSSR count). The molecule has 0 aliphatic heterocycles. The lowest BCUT2D eigenvalue weighted by molar-refractivity contribution is -0.159. The zero-order valence-electron chi connectivity index (χ0n) is 16.0. The monoisotopic (exact) mass is 327 g/mol. The molecule has 0 aromatic carbocycles. The van der Waals surface area contributed by atoms with Gasteiger partial charge in [0.05, 0.1) is 6.61 Å². The second-order valence-electron chi connectivity index (χ2n) is 6.84. The summed E-state index contributed by atoms with van der Waals surface area (Å²) in [4.78, 5) is 25.5. The number of likely N-dealkylation sites (N-methyl/N-ethyl adjacent to an activating group) is 1. The van der Waals surface area contributed by atoms with Crippen LogP contribution in [-0.2, 0) is 14.3 Å². The minimum absolute atomic E-state index is 0.185. The van der Waals surface area contributed by atoms with Gasteiger partial charge in [-0.05, 0) is 34.4 Å². The highest BCUT2D eigenvalue weighted by molar-refractivity contribution is 6.06. The third kappa shape index (κ3) is 8.50. The average molecular weight is 328 g/mol. The highest BCUT2D eigenvalue weighted by Crippen LogP contribution is 2.16. The summed E-state index contributed by atoms with van der Waals surface area (Å²) in [5.74, 6) is -0.624. The van der Waals surface area contributed by atoms with Gasteiger partial charge in [0.1, 0.15) is 0 Å². The molecule has 0 heterocycles. The van der Waals surface area contributed by atoms with Crippen molar-refractivity contribution in [2.45, 2.75) is 90.5 Å². The van der Waals surface area contributed by atoms with E-state index in [1.807, 2.05) is 0 Å². The van der Waals surface area contributed by atoms with Crippen molar-refractivity contribution in [2.24, 2.45) is 0 Å². The molecule has 1 unspecified atom stereocenters. The first-order valence-corrected chi connectivity index (χ1v) is 9.23. The molecule has 0 N–H and O–H groups in total. The van der Waals surface area contributed by atoms with E-state index >= 15 is 0 Å². The smallest absolute Gasteiger partial charge is 0.334 e. The number of rotatable bonds is 14. The summed E-state index contributed by atoms with van der Waals surface area (Å²) in [6.07, 6.45) is 12.5. The van der Waals surface area contributed by atoms with Crippen LogP contribution in [0.15, 0.2) is 0 Å². The topological polar surface area (TPSA) is 46.6 Å². The maximum absolute atomic E-state index is 12.1. The zero-order chi connectivity index (χ0) is 17.7. The van der Waals surface area contributed by atoms with Crippen LogP contribution < -0.4 is 0 Å². The summed E-state index contributed by atoms with van der Waals surface area (Å²) in [7, 11) is 3.45. The van der Waals surface area contributed by atoms with E-state index in [4.69, 9.17) is 4.74 Å². The number of hydrogen-bond acceptors (Lipinski definition) is 4. The van der Waals surface area contributed by atoms with Crippen molar-refractivity contribution < 1.29 is 14.3 Å². The molecule has 23 heavy (non-hydrogen) atoms. The van der Waals surface area contributed by atoms with Gasteiger partial charge in [-0.15, -0.1) is 0 Å². The quantitative estimate of drug-likeness (QED) is 0.270. The normalized spacial score (nSPS) is 13.8.